The van der Waals surface area contributed by atoms with Crippen LogP contribution in [0.15, 0.2) is 41.3 Å². The van der Waals surface area contributed by atoms with E-state index in [4.69, 9.17) is 0 Å². The third-order valence-corrected chi connectivity index (χ3v) is 6.40. The molecule has 1 fully saturated rings. The Bertz CT molecular complexity index is 1090. The maximum absolute atomic E-state index is 13.9. The lowest BCUT2D eigenvalue weighted by molar-refractivity contribution is -0.132. The van der Waals surface area contributed by atoms with E-state index in [0.717, 1.165) is 24.3 Å². The molecule has 1 aromatic carbocycles. The van der Waals surface area contributed by atoms with Crippen LogP contribution in [0, 0.1) is 11.7 Å². The van der Waals surface area contributed by atoms with Crippen LogP contribution in [0.3, 0.4) is 0 Å². The predicted octanol–water partition coefficient (Wildman–Crippen LogP) is 4.21. The van der Waals surface area contributed by atoms with Crippen molar-refractivity contribution in [1.29, 1.82) is 0 Å². The molecule has 0 unspecified atom stereocenters. The summed E-state index contributed by atoms with van der Waals surface area (Å²) in [7, 11) is 1.90. The van der Waals surface area contributed by atoms with E-state index in [2.05, 4.69) is 6.92 Å². The van der Waals surface area contributed by atoms with Gasteiger partial charge in [-0.2, -0.15) is 0 Å². The molecule has 0 saturated heterocycles. The van der Waals surface area contributed by atoms with Crippen molar-refractivity contribution >= 4 is 22.5 Å². The third-order valence-electron chi connectivity index (χ3n) is 6.40. The first-order valence-corrected chi connectivity index (χ1v) is 10.5. The zero-order valence-corrected chi connectivity index (χ0v) is 17.1. The maximum Gasteiger partial charge on any atom is 0.275 e. The van der Waals surface area contributed by atoms with Gasteiger partial charge in [0.25, 0.3) is 5.56 Å². The van der Waals surface area contributed by atoms with Gasteiger partial charge < -0.3 is 13.9 Å². The van der Waals surface area contributed by atoms with Crippen molar-refractivity contribution in [2.24, 2.45) is 5.92 Å². The molecule has 3 aromatic rings. The fraction of sp³-hybridized carbons (Fsp3) is 0.478. The standard InChI is InChI=1S/C23H28FN3O2/c1-16-7-10-18(11-8-16)25(2)22(28)6-4-14-27-21-15-17(24)9-12-19(21)26-13-3-5-20(26)23(27)29/h3,5,9,12-13,15-16,18H,4,6-8,10-11,14H2,1-2H3. The molecule has 154 valence electrons. The molecule has 5 nitrogen and oxygen atoms in total. The number of carbonyl (C=O) groups excluding carboxylic acids is 1. The summed E-state index contributed by atoms with van der Waals surface area (Å²) in [6.07, 6.45) is 7.23. The molecular weight excluding hydrogens is 369 g/mol. The van der Waals surface area contributed by atoms with Gasteiger partial charge in [-0.15, -0.1) is 0 Å². The Morgan fingerprint density at radius 3 is 2.66 bits per heavy atom. The minimum absolute atomic E-state index is 0.122. The molecule has 0 atom stereocenters. The highest BCUT2D eigenvalue weighted by Crippen LogP contribution is 2.27. The van der Waals surface area contributed by atoms with Crippen molar-refractivity contribution < 1.29 is 9.18 Å². The van der Waals surface area contributed by atoms with E-state index >= 15 is 0 Å². The van der Waals surface area contributed by atoms with Crippen LogP contribution < -0.4 is 5.56 Å². The van der Waals surface area contributed by atoms with E-state index < -0.39 is 0 Å². The number of carbonyl (C=O) groups is 1. The fourth-order valence-electron chi connectivity index (χ4n) is 4.55. The molecule has 2 heterocycles. The van der Waals surface area contributed by atoms with Gasteiger partial charge in [-0.1, -0.05) is 6.92 Å². The SMILES string of the molecule is CC1CCC(N(C)C(=O)CCCn2c(=O)c3cccn3c3ccc(F)cc32)CC1. The number of fused-ring (bicyclic) bond motifs is 3. The minimum Gasteiger partial charge on any atom is -0.343 e. The van der Waals surface area contributed by atoms with Crippen molar-refractivity contribution in [1.82, 2.24) is 13.9 Å². The first-order chi connectivity index (χ1) is 14.0. The highest BCUT2D eigenvalue weighted by molar-refractivity contribution is 5.79. The second-order valence-corrected chi connectivity index (χ2v) is 8.38. The molecule has 0 spiro atoms. The molecule has 1 saturated carbocycles. The number of halogens is 1. The van der Waals surface area contributed by atoms with E-state index in [1.807, 2.05) is 24.2 Å². The first kappa shape index (κ1) is 19.7. The first-order valence-electron chi connectivity index (χ1n) is 10.5. The molecule has 29 heavy (non-hydrogen) atoms. The number of hydrogen-bond acceptors (Lipinski definition) is 2. The summed E-state index contributed by atoms with van der Waals surface area (Å²) in [6.45, 7) is 2.66. The van der Waals surface area contributed by atoms with E-state index in [1.54, 1.807) is 21.1 Å². The largest absolute Gasteiger partial charge is 0.343 e. The van der Waals surface area contributed by atoms with Crippen LogP contribution in [0.4, 0.5) is 4.39 Å². The highest BCUT2D eigenvalue weighted by atomic mass is 19.1. The highest BCUT2D eigenvalue weighted by Gasteiger charge is 2.24. The van der Waals surface area contributed by atoms with Crippen molar-refractivity contribution in [3.8, 4) is 0 Å². The van der Waals surface area contributed by atoms with Crippen molar-refractivity contribution in [3.63, 3.8) is 0 Å². The monoisotopic (exact) mass is 397 g/mol. The molecule has 0 bridgehead atoms. The van der Waals surface area contributed by atoms with Crippen LogP contribution >= 0.6 is 0 Å². The predicted molar refractivity (Wildman–Crippen MR) is 113 cm³/mol. The molecule has 0 N–H and O–H groups in total. The Morgan fingerprint density at radius 2 is 1.90 bits per heavy atom. The Morgan fingerprint density at radius 1 is 1.14 bits per heavy atom. The number of amides is 1. The molecule has 0 aliphatic heterocycles. The van der Waals surface area contributed by atoms with Crippen molar-refractivity contribution in [2.45, 2.75) is 58.0 Å². The maximum atomic E-state index is 13.9. The van der Waals surface area contributed by atoms with E-state index in [0.29, 0.717) is 36.5 Å². The zero-order valence-electron chi connectivity index (χ0n) is 17.1. The van der Waals surface area contributed by atoms with E-state index in [1.165, 1.54) is 25.0 Å². The summed E-state index contributed by atoms with van der Waals surface area (Å²) in [5.41, 5.74) is 1.74. The summed E-state index contributed by atoms with van der Waals surface area (Å²) in [5, 5.41) is 0. The second-order valence-electron chi connectivity index (χ2n) is 8.38. The van der Waals surface area contributed by atoms with E-state index in [-0.39, 0.29) is 17.3 Å². The average Bonchev–Trinajstić information content (AvgIpc) is 3.20. The Hall–Kier alpha value is -2.63. The molecule has 1 aliphatic carbocycles. The summed E-state index contributed by atoms with van der Waals surface area (Å²) < 4.78 is 17.3. The fourth-order valence-corrected chi connectivity index (χ4v) is 4.55. The van der Waals surface area contributed by atoms with Gasteiger partial charge >= 0.3 is 0 Å². The van der Waals surface area contributed by atoms with Gasteiger partial charge in [0, 0.05) is 32.3 Å². The van der Waals surface area contributed by atoms with Crippen LogP contribution in [-0.2, 0) is 11.3 Å². The van der Waals surface area contributed by atoms with Gasteiger partial charge in [0.2, 0.25) is 5.91 Å². The topological polar surface area (TPSA) is 46.7 Å². The van der Waals surface area contributed by atoms with Crippen molar-refractivity contribution in [2.75, 3.05) is 7.05 Å². The molecule has 6 heteroatoms. The lowest BCUT2D eigenvalue weighted by atomic mass is 9.86. The quantitative estimate of drug-likeness (QED) is 0.647. The normalized spacial score (nSPS) is 19.7. The van der Waals surface area contributed by atoms with Gasteiger partial charge in [-0.3, -0.25) is 9.59 Å². The number of benzene rings is 1. The zero-order chi connectivity index (χ0) is 20.5. The van der Waals surface area contributed by atoms with Gasteiger partial charge in [0.05, 0.1) is 11.0 Å². The summed E-state index contributed by atoms with van der Waals surface area (Å²) in [4.78, 5) is 27.5. The van der Waals surface area contributed by atoms with Gasteiger partial charge in [0.1, 0.15) is 11.3 Å². The lowest BCUT2D eigenvalue weighted by Gasteiger charge is -2.33. The van der Waals surface area contributed by atoms with E-state index in [9.17, 15) is 14.0 Å². The molecule has 0 radical (unpaired) electrons. The molecular formula is C23H28FN3O2. The summed E-state index contributed by atoms with van der Waals surface area (Å²) in [5.74, 6) is 0.496. The van der Waals surface area contributed by atoms with Gasteiger partial charge in [-0.25, -0.2) is 4.39 Å². The Balaban J connectivity index is 1.50. The van der Waals surface area contributed by atoms with Crippen molar-refractivity contribution in [3.05, 3.63) is 52.7 Å². The number of aromatic nitrogens is 2. The Labute approximate surface area is 169 Å². The Kier molecular flexibility index (Phi) is 5.43. The number of hydrogen-bond donors (Lipinski definition) is 0. The number of nitrogens with zero attached hydrogens (tertiary/aromatic N) is 3. The molecule has 2 aromatic heterocycles. The molecule has 1 amide bonds. The number of rotatable bonds is 5. The van der Waals surface area contributed by atoms with Crippen LogP contribution in [0.2, 0.25) is 0 Å². The van der Waals surface area contributed by atoms with Crippen LogP contribution in [0.25, 0.3) is 16.6 Å². The third kappa shape index (κ3) is 3.80. The van der Waals surface area contributed by atoms with Crippen LogP contribution in [0.1, 0.15) is 45.4 Å². The average molecular weight is 397 g/mol. The van der Waals surface area contributed by atoms with Gasteiger partial charge in [-0.05, 0) is 68.4 Å². The summed E-state index contributed by atoms with van der Waals surface area (Å²) >= 11 is 0. The van der Waals surface area contributed by atoms with Gasteiger partial charge in [0.15, 0.2) is 0 Å². The molecule has 4 rings (SSSR count). The second kappa shape index (κ2) is 8.01. The summed E-state index contributed by atoms with van der Waals surface area (Å²) in [6, 6.07) is 8.40. The lowest BCUT2D eigenvalue weighted by Crippen LogP contribution is -2.39. The number of aryl methyl sites for hydroxylation is 1. The molecule has 1 aliphatic rings. The van der Waals surface area contributed by atoms with Crippen LogP contribution in [0.5, 0.6) is 0 Å². The van der Waals surface area contributed by atoms with Crippen LogP contribution in [-0.4, -0.2) is 32.9 Å². The smallest absolute Gasteiger partial charge is 0.275 e. The minimum atomic E-state index is -0.375.